The largest absolute Gasteiger partial charge is 0.481 e. The Kier molecular flexibility index (Phi) is 6.61. The zero-order valence-electron chi connectivity index (χ0n) is 18.4. The Bertz CT molecular complexity index is 1160. The number of benzene rings is 2. The molecule has 2 heterocycles. The van der Waals surface area contributed by atoms with E-state index in [1.165, 1.54) is 28.6 Å². The highest BCUT2D eigenvalue weighted by Gasteiger charge is 2.50. The van der Waals surface area contributed by atoms with Gasteiger partial charge in [-0.15, -0.1) is 0 Å². The van der Waals surface area contributed by atoms with E-state index in [9.17, 15) is 26.4 Å². The fraction of sp³-hybridized carbons (Fsp3) is 0.435. The first-order valence-electron chi connectivity index (χ1n) is 10.8. The number of hydrogen-bond donors (Lipinski definition) is 0. The molecule has 184 valence electrons. The number of hydrogen-bond acceptors (Lipinski definition) is 4. The first kappa shape index (κ1) is 24.8. The highest BCUT2D eigenvalue weighted by molar-refractivity contribution is 7.89. The molecular weight excluding hydrogens is 493 g/mol. The molecule has 1 atom stereocenters. The second-order valence-corrected chi connectivity index (χ2v) is 10.9. The minimum absolute atomic E-state index is 0.0501. The van der Waals surface area contributed by atoms with Crippen LogP contribution in [0.25, 0.3) is 0 Å². The van der Waals surface area contributed by atoms with Crippen molar-refractivity contribution in [2.24, 2.45) is 5.41 Å². The Labute approximate surface area is 201 Å². The number of nitrogens with zero attached hydrogens (tertiary/aromatic N) is 2. The maximum Gasteiger partial charge on any atom is 0.425 e. The molecule has 34 heavy (non-hydrogen) atoms. The maximum absolute atomic E-state index is 13.3. The molecule has 1 unspecified atom stereocenters. The number of alkyl halides is 3. The van der Waals surface area contributed by atoms with Gasteiger partial charge in [-0.1, -0.05) is 23.7 Å². The summed E-state index contributed by atoms with van der Waals surface area (Å²) in [6.45, 7) is 1.79. The number of anilines is 1. The normalized spacial score (nSPS) is 20.0. The van der Waals surface area contributed by atoms with Crippen LogP contribution in [0.3, 0.4) is 0 Å². The van der Waals surface area contributed by atoms with Crippen LogP contribution in [0.15, 0.2) is 53.4 Å². The van der Waals surface area contributed by atoms with Gasteiger partial charge in [0.2, 0.25) is 15.9 Å². The zero-order chi connectivity index (χ0) is 24.7. The number of carbonyl (C=O) groups excluding carboxylic acids is 1. The summed E-state index contributed by atoms with van der Waals surface area (Å²) in [4.78, 5) is 15.0. The van der Waals surface area contributed by atoms with Crippen molar-refractivity contribution >= 4 is 33.2 Å². The summed E-state index contributed by atoms with van der Waals surface area (Å²) in [6.07, 6.45) is -5.06. The van der Waals surface area contributed by atoms with E-state index in [2.05, 4.69) is 0 Å². The van der Waals surface area contributed by atoms with Crippen molar-refractivity contribution in [1.29, 1.82) is 0 Å². The summed E-state index contributed by atoms with van der Waals surface area (Å²) in [5.74, 6) is -0.0346. The fourth-order valence-electron chi connectivity index (χ4n) is 4.45. The topological polar surface area (TPSA) is 66.9 Å². The van der Waals surface area contributed by atoms with Crippen LogP contribution in [0.1, 0.15) is 26.2 Å². The molecule has 11 heteroatoms. The van der Waals surface area contributed by atoms with E-state index in [0.29, 0.717) is 31.5 Å². The van der Waals surface area contributed by atoms with E-state index < -0.39 is 27.7 Å². The number of sulfonamides is 1. The van der Waals surface area contributed by atoms with Crippen molar-refractivity contribution in [1.82, 2.24) is 4.31 Å². The number of ether oxygens (including phenoxy) is 1. The lowest BCUT2D eigenvalue weighted by Crippen LogP contribution is -2.46. The van der Waals surface area contributed by atoms with Crippen LogP contribution in [0.2, 0.25) is 5.02 Å². The number of piperidine rings is 1. The molecule has 0 aromatic heterocycles. The number of halogens is 4. The van der Waals surface area contributed by atoms with Crippen molar-refractivity contribution in [2.75, 3.05) is 24.5 Å². The Morgan fingerprint density at radius 3 is 2.18 bits per heavy atom. The van der Waals surface area contributed by atoms with Gasteiger partial charge in [-0.3, -0.25) is 4.79 Å². The van der Waals surface area contributed by atoms with E-state index in [-0.39, 0.29) is 34.7 Å². The van der Waals surface area contributed by atoms with Gasteiger partial charge < -0.3 is 9.64 Å². The average Bonchev–Trinajstić information content (AvgIpc) is 3.10. The van der Waals surface area contributed by atoms with Crippen molar-refractivity contribution < 1.29 is 31.1 Å². The lowest BCUT2D eigenvalue weighted by molar-refractivity contribution is -0.189. The lowest BCUT2D eigenvalue weighted by atomic mass is 9.77. The lowest BCUT2D eigenvalue weighted by Gasteiger charge is -2.37. The molecule has 4 rings (SSSR count). The van der Waals surface area contributed by atoms with E-state index >= 15 is 0 Å². The molecule has 0 bridgehead atoms. The quantitative estimate of drug-likeness (QED) is 0.568. The Morgan fingerprint density at radius 2 is 1.59 bits per heavy atom. The molecule has 0 N–H and O–H groups in total. The molecule has 2 aliphatic heterocycles. The summed E-state index contributed by atoms with van der Waals surface area (Å²) in [7, 11) is -3.76. The van der Waals surface area contributed by atoms with Gasteiger partial charge in [-0.25, -0.2) is 8.42 Å². The smallest absolute Gasteiger partial charge is 0.425 e. The third-order valence-electron chi connectivity index (χ3n) is 6.57. The Hall–Kier alpha value is -2.30. The molecule has 2 fully saturated rings. The van der Waals surface area contributed by atoms with E-state index in [1.807, 2.05) is 0 Å². The van der Waals surface area contributed by atoms with Gasteiger partial charge in [0.05, 0.1) is 10.4 Å². The molecule has 6 nitrogen and oxygen atoms in total. The number of rotatable bonds is 5. The van der Waals surface area contributed by atoms with Crippen LogP contribution >= 0.6 is 11.6 Å². The summed E-state index contributed by atoms with van der Waals surface area (Å²) in [5.41, 5.74) is -0.0908. The molecule has 2 saturated heterocycles. The van der Waals surface area contributed by atoms with E-state index in [0.717, 1.165) is 6.92 Å². The van der Waals surface area contributed by atoms with Crippen LogP contribution in [-0.4, -0.2) is 50.5 Å². The molecule has 0 saturated carbocycles. The van der Waals surface area contributed by atoms with Gasteiger partial charge in [0.1, 0.15) is 10.6 Å². The van der Waals surface area contributed by atoms with Gasteiger partial charge in [-0.05, 0) is 62.6 Å². The summed E-state index contributed by atoms with van der Waals surface area (Å²) in [5, 5.41) is 0.156. The van der Waals surface area contributed by atoms with Gasteiger partial charge in [0.15, 0.2) is 6.10 Å². The van der Waals surface area contributed by atoms with Gasteiger partial charge in [-0.2, -0.15) is 17.5 Å². The minimum atomic E-state index is -4.47. The molecule has 2 aromatic carbocycles. The van der Waals surface area contributed by atoms with Gasteiger partial charge >= 0.3 is 6.18 Å². The third kappa shape index (κ3) is 4.63. The van der Waals surface area contributed by atoms with Crippen molar-refractivity contribution in [3.63, 3.8) is 0 Å². The van der Waals surface area contributed by atoms with Gasteiger partial charge in [0, 0.05) is 25.3 Å². The molecule has 1 spiro atoms. The molecule has 1 amide bonds. The number of amides is 1. The first-order chi connectivity index (χ1) is 15.9. The third-order valence-corrected chi connectivity index (χ3v) is 8.97. The predicted octanol–water partition coefficient (Wildman–Crippen LogP) is 4.88. The van der Waals surface area contributed by atoms with E-state index in [1.54, 1.807) is 29.2 Å². The fourth-order valence-corrected chi connectivity index (χ4v) is 6.39. The second kappa shape index (κ2) is 9.05. The average molecular weight is 517 g/mol. The molecule has 0 radical (unpaired) electrons. The standard InChI is InChI=1S/C23H24ClF3N2O4S/c1-16(23(25,26)27)33-18-8-6-17(7-9-18)29-15-12-22(21(29)30)10-13-28(14-11-22)34(31,32)20-5-3-2-4-19(20)24/h2-9,16H,10-15H2,1H3. The highest BCUT2D eigenvalue weighted by atomic mass is 35.5. The minimum Gasteiger partial charge on any atom is -0.481 e. The molecular formula is C23H24ClF3N2O4S. The summed E-state index contributed by atoms with van der Waals surface area (Å²) < 4.78 is 70.4. The highest BCUT2D eigenvalue weighted by Crippen LogP contribution is 2.44. The van der Waals surface area contributed by atoms with Crippen LogP contribution in [0.5, 0.6) is 5.75 Å². The van der Waals surface area contributed by atoms with Crippen LogP contribution < -0.4 is 9.64 Å². The predicted molar refractivity (Wildman–Crippen MR) is 121 cm³/mol. The van der Waals surface area contributed by atoms with Crippen LogP contribution in [-0.2, 0) is 14.8 Å². The maximum atomic E-state index is 13.3. The van der Waals surface area contributed by atoms with Crippen molar-refractivity contribution in [3.05, 3.63) is 53.6 Å². The monoisotopic (exact) mass is 516 g/mol. The summed E-state index contributed by atoms with van der Waals surface area (Å²) in [6, 6.07) is 12.2. The zero-order valence-corrected chi connectivity index (χ0v) is 20.0. The summed E-state index contributed by atoms with van der Waals surface area (Å²) >= 11 is 6.09. The Balaban J connectivity index is 1.43. The van der Waals surface area contributed by atoms with Crippen LogP contribution in [0.4, 0.5) is 18.9 Å². The van der Waals surface area contributed by atoms with Crippen LogP contribution in [0, 0.1) is 5.41 Å². The SMILES string of the molecule is CC(Oc1ccc(N2CCC3(CCN(S(=O)(=O)c4ccccc4Cl)CC3)C2=O)cc1)C(F)(F)F. The second-order valence-electron chi connectivity index (χ2n) is 8.62. The van der Waals surface area contributed by atoms with Gasteiger partial charge in [0.25, 0.3) is 0 Å². The van der Waals surface area contributed by atoms with E-state index in [4.69, 9.17) is 16.3 Å². The van der Waals surface area contributed by atoms with Crippen molar-refractivity contribution in [2.45, 2.75) is 43.4 Å². The molecule has 2 aliphatic rings. The number of carbonyl (C=O) groups is 1. The molecule has 0 aliphatic carbocycles. The van der Waals surface area contributed by atoms with Crippen molar-refractivity contribution in [3.8, 4) is 5.75 Å². The Morgan fingerprint density at radius 1 is 1.00 bits per heavy atom. The molecule has 2 aromatic rings. The first-order valence-corrected chi connectivity index (χ1v) is 12.7.